The standard InChI is InChI=1S/C18H31NO4S4/c1-12(2)15(20)8-6-5-7-13-9-10-24-27-18(3,4)17(23)19-14(16(21)22)11-25-26-13/h12-14H,5-11H2,1-4H3,(H,19,23)(H,21,22). The number of amides is 1. The molecule has 0 aromatic heterocycles. The molecule has 1 rings (SSSR count). The first-order valence-corrected chi connectivity index (χ1v) is 14.0. The molecular weight excluding hydrogens is 422 g/mol. The van der Waals surface area contributed by atoms with Gasteiger partial charge >= 0.3 is 5.97 Å². The third-order valence-electron chi connectivity index (χ3n) is 4.22. The van der Waals surface area contributed by atoms with Crippen molar-refractivity contribution in [2.75, 3.05) is 11.5 Å². The van der Waals surface area contributed by atoms with Crippen LogP contribution < -0.4 is 5.32 Å². The molecule has 1 aliphatic rings. The maximum atomic E-state index is 12.4. The number of nitrogens with one attached hydrogen (secondary N) is 1. The molecule has 9 heteroatoms. The minimum atomic E-state index is -0.995. The van der Waals surface area contributed by atoms with E-state index in [9.17, 15) is 19.5 Å². The van der Waals surface area contributed by atoms with Crippen molar-refractivity contribution >= 4 is 60.8 Å². The van der Waals surface area contributed by atoms with Gasteiger partial charge in [0, 0.05) is 29.1 Å². The summed E-state index contributed by atoms with van der Waals surface area (Å²) in [5, 5.41) is 12.5. The number of carboxylic acid groups (broad SMARTS) is 1. The lowest BCUT2D eigenvalue weighted by atomic mass is 10.0. The van der Waals surface area contributed by atoms with Crippen molar-refractivity contribution < 1.29 is 19.5 Å². The molecule has 27 heavy (non-hydrogen) atoms. The van der Waals surface area contributed by atoms with E-state index in [2.05, 4.69) is 5.32 Å². The third-order valence-corrected chi connectivity index (χ3v) is 10.4. The lowest BCUT2D eigenvalue weighted by Crippen LogP contribution is -2.49. The van der Waals surface area contributed by atoms with Crippen LogP contribution in [0.25, 0.3) is 0 Å². The lowest BCUT2D eigenvalue weighted by molar-refractivity contribution is -0.141. The predicted molar refractivity (Wildman–Crippen MR) is 120 cm³/mol. The van der Waals surface area contributed by atoms with Crippen molar-refractivity contribution in [3.8, 4) is 0 Å². The summed E-state index contributed by atoms with van der Waals surface area (Å²) >= 11 is 0. The predicted octanol–water partition coefficient (Wildman–Crippen LogP) is 4.66. The number of aliphatic carboxylic acids is 1. The van der Waals surface area contributed by atoms with Crippen molar-refractivity contribution in [3.63, 3.8) is 0 Å². The van der Waals surface area contributed by atoms with E-state index in [0.29, 0.717) is 23.2 Å². The summed E-state index contributed by atoms with van der Waals surface area (Å²) in [7, 11) is 6.41. The molecule has 1 amide bonds. The number of hydrogen-bond acceptors (Lipinski definition) is 7. The average molecular weight is 454 g/mol. The van der Waals surface area contributed by atoms with Crippen LogP contribution in [0, 0.1) is 5.92 Å². The number of carbonyl (C=O) groups is 3. The Morgan fingerprint density at radius 1 is 1.26 bits per heavy atom. The molecule has 1 saturated heterocycles. The molecule has 0 spiro atoms. The molecule has 0 aliphatic carbocycles. The molecule has 0 saturated carbocycles. The Balaban J connectivity index is 2.57. The number of hydrogen-bond donors (Lipinski definition) is 2. The van der Waals surface area contributed by atoms with Crippen molar-refractivity contribution in [1.29, 1.82) is 0 Å². The number of Topliss-reactive ketones (excluding diaryl/α,β-unsaturated/α-hetero) is 1. The normalized spacial score (nSPS) is 24.6. The van der Waals surface area contributed by atoms with Gasteiger partial charge in [0.1, 0.15) is 11.8 Å². The number of carbonyl (C=O) groups excluding carboxylic acids is 2. The molecular formula is C18H31NO4S4. The quantitative estimate of drug-likeness (QED) is 0.425. The van der Waals surface area contributed by atoms with Crippen molar-refractivity contribution in [2.45, 2.75) is 75.8 Å². The van der Waals surface area contributed by atoms with E-state index in [-0.39, 0.29) is 11.8 Å². The highest BCUT2D eigenvalue weighted by Crippen LogP contribution is 2.40. The Morgan fingerprint density at radius 3 is 2.59 bits per heavy atom. The fourth-order valence-corrected chi connectivity index (χ4v) is 7.92. The van der Waals surface area contributed by atoms with Gasteiger partial charge in [0.15, 0.2) is 0 Å². The van der Waals surface area contributed by atoms with Crippen LogP contribution in [0.5, 0.6) is 0 Å². The summed E-state index contributed by atoms with van der Waals surface area (Å²) < 4.78 is -0.665. The molecule has 2 atom stereocenters. The largest absolute Gasteiger partial charge is 0.480 e. The van der Waals surface area contributed by atoms with E-state index >= 15 is 0 Å². The van der Waals surface area contributed by atoms with E-state index in [1.165, 1.54) is 21.6 Å². The highest BCUT2D eigenvalue weighted by atomic mass is 33.1. The molecule has 2 N–H and O–H groups in total. The molecule has 0 aromatic carbocycles. The number of unbranched alkanes of at least 4 members (excludes halogenated alkanes) is 1. The summed E-state index contributed by atoms with van der Waals surface area (Å²) in [6.07, 6.45) is 4.62. The molecule has 0 bridgehead atoms. The molecule has 1 fully saturated rings. The lowest BCUT2D eigenvalue weighted by Gasteiger charge is -2.26. The van der Waals surface area contributed by atoms with E-state index in [1.807, 2.05) is 27.7 Å². The van der Waals surface area contributed by atoms with Gasteiger partial charge in [-0.25, -0.2) is 4.79 Å². The summed E-state index contributed by atoms with van der Waals surface area (Å²) in [6.45, 7) is 7.54. The van der Waals surface area contributed by atoms with Gasteiger partial charge in [0.25, 0.3) is 0 Å². The molecule has 1 aliphatic heterocycles. The van der Waals surface area contributed by atoms with Crippen LogP contribution >= 0.6 is 43.2 Å². The van der Waals surface area contributed by atoms with Crippen LogP contribution in [0.4, 0.5) is 0 Å². The first-order valence-electron chi connectivity index (χ1n) is 9.29. The van der Waals surface area contributed by atoms with Gasteiger partial charge in [-0.05, 0) is 33.1 Å². The number of ketones is 1. The van der Waals surface area contributed by atoms with Crippen molar-refractivity contribution in [1.82, 2.24) is 5.32 Å². The summed E-state index contributed by atoms with van der Waals surface area (Å²) in [6, 6.07) is -0.872. The van der Waals surface area contributed by atoms with E-state index in [1.54, 1.807) is 21.6 Å². The Morgan fingerprint density at radius 2 is 1.96 bits per heavy atom. The van der Waals surface area contributed by atoms with Crippen LogP contribution in [0.3, 0.4) is 0 Å². The Hall–Kier alpha value is 0.01000. The SMILES string of the molecule is CC(C)C(=O)CCCCC1CCSSC(C)(C)C(=O)NC(C(=O)O)CSS1. The smallest absolute Gasteiger partial charge is 0.327 e. The van der Waals surface area contributed by atoms with Gasteiger partial charge in [0.05, 0.1) is 4.75 Å². The van der Waals surface area contributed by atoms with E-state index < -0.39 is 16.8 Å². The second kappa shape index (κ2) is 12.5. The summed E-state index contributed by atoms with van der Waals surface area (Å²) in [4.78, 5) is 35.5. The van der Waals surface area contributed by atoms with Crippen LogP contribution in [-0.4, -0.2) is 50.3 Å². The van der Waals surface area contributed by atoms with E-state index in [4.69, 9.17) is 0 Å². The van der Waals surface area contributed by atoms with Crippen LogP contribution in [0.15, 0.2) is 0 Å². The topological polar surface area (TPSA) is 83.5 Å². The first kappa shape index (κ1) is 25.0. The number of rotatable bonds is 7. The van der Waals surface area contributed by atoms with Gasteiger partial charge in [0.2, 0.25) is 5.91 Å². The van der Waals surface area contributed by atoms with Gasteiger partial charge in [-0.15, -0.1) is 0 Å². The van der Waals surface area contributed by atoms with Crippen molar-refractivity contribution in [2.24, 2.45) is 5.92 Å². The van der Waals surface area contributed by atoms with E-state index in [0.717, 1.165) is 31.4 Å². The highest BCUT2D eigenvalue weighted by molar-refractivity contribution is 8.77. The summed E-state index contributed by atoms with van der Waals surface area (Å²) in [5.74, 6) is 0.506. The van der Waals surface area contributed by atoms with Crippen LogP contribution in [-0.2, 0) is 14.4 Å². The minimum Gasteiger partial charge on any atom is -0.480 e. The first-order chi connectivity index (χ1) is 12.6. The minimum absolute atomic E-state index is 0.108. The molecule has 1 heterocycles. The molecule has 156 valence electrons. The second-order valence-electron chi connectivity index (χ2n) is 7.44. The molecule has 2 unspecified atom stereocenters. The zero-order chi connectivity index (χ0) is 20.4. The van der Waals surface area contributed by atoms with Gasteiger partial charge in [-0.3, -0.25) is 9.59 Å². The fourth-order valence-electron chi connectivity index (χ4n) is 2.32. The maximum absolute atomic E-state index is 12.4. The number of carboxylic acids is 1. The van der Waals surface area contributed by atoms with Gasteiger partial charge in [-0.1, -0.05) is 63.4 Å². The van der Waals surface area contributed by atoms with Crippen LogP contribution in [0.2, 0.25) is 0 Å². The Bertz CT molecular complexity index is 514. The van der Waals surface area contributed by atoms with Crippen molar-refractivity contribution in [3.05, 3.63) is 0 Å². The Labute approximate surface area is 178 Å². The molecule has 5 nitrogen and oxygen atoms in total. The Kier molecular flexibility index (Phi) is 11.6. The highest BCUT2D eigenvalue weighted by Gasteiger charge is 2.33. The monoisotopic (exact) mass is 453 g/mol. The fraction of sp³-hybridized carbons (Fsp3) is 0.833. The van der Waals surface area contributed by atoms with Gasteiger partial charge < -0.3 is 10.4 Å². The van der Waals surface area contributed by atoms with Gasteiger partial charge in [-0.2, -0.15) is 0 Å². The summed E-state index contributed by atoms with van der Waals surface area (Å²) in [5.41, 5.74) is 0. The average Bonchev–Trinajstić information content (AvgIpc) is 2.58. The zero-order valence-electron chi connectivity index (χ0n) is 16.5. The zero-order valence-corrected chi connectivity index (χ0v) is 19.8. The third kappa shape index (κ3) is 9.85. The maximum Gasteiger partial charge on any atom is 0.327 e. The molecule has 0 radical (unpaired) electrons. The molecule has 0 aromatic rings. The second-order valence-corrected chi connectivity index (χ2v) is 13.2. The van der Waals surface area contributed by atoms with Crippen LogP contribution in [0.1, 0.15) is 59.8 Å².